The quantitative estimate of drug-likeness (QED) is 0.247. The minimum atomic E-state index is 0. The average Bonchev–Trinajstić information content (AvgIpc) is 2.65. The van der Waals surface area contributed by atoms with E-state index in [0.717, 1.165) is 32.0 Å². The van der Waals surface area contributed by atoms with Crippen molar-refractivity contribution < 1.29 is 9.53 Å². The van der Waals surface area contributed by atoms with Gasteiger partial charge >= 0.3 is 0 Å². The first-order valence-corrected chi connectivity index (χ1v) is 10.4. The van der Waals surface area contributed by atoms with Gasteiger partial charge < -0.3 is 20.3 Å². The molecule has 6 nitrogen and oxygen atoms in total. The van der Waals surface area contributed by atoms with Gasteiger partial charge in [0.2, 0.25) is 5.91 Å². The van der Waals surface area contributed by atoms with Crippen LogP contribution in [-0.4, -0.2) is 62.7 Å². The van der Waals surface area contributed by atoms with Crippen LogP contribution in [0.3, 0.4) is 0 Å². The number of nitrogens with one attached hydrogen (secondary N) is 2. The zero-order chi connectivity index (χ0) is 18.8. The first-order valence-electron chi connectivity index (χ1n) is 10.4. The average molecular weight is 494 g/mol. The fourth-order valence-electron chi connectivity index (χ4n) is 3.72. The Bertz CT molecular complexity index is 453. The number of likely N-dealkylation sites (N-methyl/N-ethyl adjacent to an activating group) is 1. The van der Waals surface area contributed by atoms with Crippen LogP contribution in [0.1, 0.15) is 64.7 Å². The molecule has 2 N–H and O–H groups in total. The molecule has 3 unspecified atom stereocenters. The standard InChI is InChI=1S/C20H38N4O2.HI/c1-16-9-4-5-12-18(16)23-20(22-15-19(25)24(2)3)21-13-8-11-17-10-6-7-14-26-17;/h16-18H,4-15H2,1-3H3,(H2,21,22,23);1H. The van der Waals surface area contributed by atoms with Crippen LogP contribution in [0.5, 0.6) is 0 Å². The predicted molar refractivity (Wildman–Crippen MR) is 122 cm³/mol. The number of hydrogen-bond acceptors (Lipinski definition) is 3. The van der Waals surface area contributed by atoms with Gasteiger partial charge in [-0.1, -0.05) is 19.8 Å². The third-order valence-corrected chi connectivity index (χ3v) is 5.57. The van der Waals surface area contributed by atoms with E-state index >= 15 is 0 Å². The van der Waals surface area contributed by atoms with E-state index in [2.05, 4.69) is 22.5 Å². The summed E-state index contributed by atoms with van der Waals surface area (Å²) in [7, 11) is 3.54. The summed E-state index contributed by atoms with van der Waals surface area (Å²) in [5, 5.41) is 7.01. The van der Waals surface area contributed by atoms with Crippen molar-refractivity contribution in [3.8, 4) is 0 Å². The highest BCUT2D eigenvalue weighted by atomic mass is 127. The summed E-state index contributed by atoms with van der Waals surface area (Å²) in [5.74, 6) is 1.46. The van der Waals surface area contributed by atoms with Crippen LogP contribution in [0.4, 0.5) is 0 Å². The Kier molecular flexibility index (Phi) is 12.3. The molecule has 27 heavy (non-hydrogen) atoms. The van der Waals surface area contributed by atoms with Crippen LogP contribution < -0.4 is 10.6 Å². The van der Waals surface area contributed by atoms with Gasteiger partial charge in [0.1, 0.15) is 6.54 Å². The van der Waals surface area contributed by atoms with Crippen LogP contribution in [0.25, 0.3) is 0 Å². The van der Waals surface area contributed by atoms with Gasteiger partial charge in [-0.2, -0.15) is 0 Å². The topological polar surface area (TPSA) is 66.0 Å². The van der Waals surface area contributed by atoms with E-state index in [4.69, 9.17) is 4.74 Å². The van der Waals surface area contributed by atoms with Crippen LogP contribution in [-0.2, 0) is 9.53 Å². The monoisotopic (exact) mass is 494 g/mol. The van der Waals surface area contributed by atoms with Gasteiger partial charge in [0.05, 0.1) is 6.10 Å². The smallest absolute Gasteiger partial charge is 0.243 e. The molecule has 0 bridgehead atoms. The van der Waals surface area contributed by atoms with Crippen molar-refractivity contribution in [2.75, 3.05) is 33.8 Å². The molecule has 1 saturated heterocycles. The summed E-state index contributed by atoms with van der Waals surface area (Å²) in [6.07, 6.45) is 11.3. The Balaban J connectivity index is 0.00000364. The zero-order valence-electron chi connectivity index (χ0n) is 17.3. The molecule has 2 fully saturated rings. The highest BCUT2D eigenvalue weighted by molar-refractivity contribution is 14.0. The van der Waals surface area contributed by atoms with E-state index in [1.807, 2.05) is 0 Å². The minimum absolute atomic E-state index is 0. The Labute approximate surface area is 182 Å². The van der Waals surface area contributed by atoms with Gasteiger partial charge in [-0.05, 0) is 50.9 Å². The molecule has 1 amide bonds. The lowest BCUT2D eigenvalue weighted by molar-refractivity contribution is -0.127. The molecule has 1 saturated carbocycles. The molecule has 2 aliphatic rings. The molecule has 1 aliphatic carbocycles. The summed E-state index contributed by atoms with van der Waals surface area (Å²) < 4.78 is 5.80. The highest BCUT2D eigenvalue weighted by Crippen LogP contribution is 2.23. The lowest BCUT2D eigenvalue weighted by Crippen LogP contribution is -2.47. The fourth-order valence-corrected chi connectivity index (χ4v) is 3.72. The maximum Gasteiger partial charge on any atom is 0.243 e. The van der Waals surface area contributed by atoms with E-state index in [0.29, 0.717) is 18.1 Å². The van der Waals surface area contributed by atoms with Crippen LogP contribution in [0, 0.1) is 5.92 Å². The molecule has 158 valence electrons. The molecule has 2 rings (SSSR count). The number of hydrogen-bond donors (Lipinski definition) is 2. The molecule has 0 aromatic rings. The van der Waals surface area contributed by atoms with Gasteiger partial charge in [-0.15, -0.1) is 24.0 Å². The first kappa shape index (κ1) is 24.5. The van der Waals surface area contributed by atoms with Crippen molar-refractivity contribution in [2.24, 2.45) is 10.9 Å². The number of amides is 1. The van der Waals surface area contributed by atoms with Crippen molar-refractivity contribution in [1.29, 1.82) is 0 Å². The molecule has 0 aromatic carbocycles. The van der Waals surface area contributed by atoms with Crippen LogP contribution >= 0.6 is 24.0 Å². The molecule has 7 heteroatoms. The van der Waals surface area contributed by atoms with Gasteiger partial charge in [0, 0.05) is 33.3 Å². The number of guanidine groups is 1. The van der Waals surface area contributed by atoms with E-state index in [1.165, 1.54) is 44.9 Å². The summed E-state index contributed by atoms with van der Waals surface area (Å²) >= 11 is 0. The summed E-state index contributed by atoms with van der Waals surface area (Å²) in [5.41, 5.74) is 0. The fraction of sp³-hybridized carbons (Fsp3) is 0.900. The second-order valence-corrected chi connectivity index (χ2v) is 8.02. The third kappa shape index (κ3) is 9.45. The Morgan fingerprint density at radius 3 is 2.56 bits per heavy atom. The van der Waals surface area contributed by atoms with E-state index < -0.39 is 0 Å². The SMILES string of the molecule is CC1CCCCC1NC(=NCC(=O)N(C)C)NCCCC1CCCCO1.I. The number of carbonyl (C=O) groups is 1. The van der Waals surface area contributed by atoms with Crippen molar-refractivity contribution in [3.05, 3.63) is 0 Å². The normalized spacial score (nSPS) is 26.0. The second kappa shape index (κ2) is 13.6. The van der Waals surface area contributed by atoms with Crippen molar-refractivity contribution >= 4 is 35.8 Å². The van der Waals surface area contributed by atoms with Gasteiger partial charge in [-0.25, -0.2) is 4.99 Å². The molecular formula is C20H39IN4O2. The zero-order valence-corrected chi connectivity index (χ0v) is 19.7. The van der Waals surface area contributed by atoms with Crippen molar-refractivity contribution in [3.63, 3.8) is 0 Å². The minimum Gasteiger partial charge on any atom is -0.378 e. The highest BCUT2D eigenvalue weighted by Gasteiger charge is 2.22. The van der Waals surface area contributed by atoms with Gasteiger partial charge in [0.25, 0.3) is 0 Å². The maximum absolute atomic E-state index is 11.9. The Morgan fingerprint density at radius 2 is 1.89 bits per heavy atom. The molecule has 0 radical (unpaired) electrons. The number of ether oxygens (including phenoxy) is 1. The van der Waals surface area contributed by atoms with Crippen molar-refractivity contribution in [1.82, 2.24) is 15.5 Å². The second-order valence-electron chi connectivity index (χ2n) is 8.02. The van der Waals surface area contributed by atoms with E-state index in [9.17, 15) is 4.79 Å². The number of nitrogens with zero attached hydrogens (tertiary/aromatic N) is 2. The molecular weight excluding hydrogens is 455 g/mol. The predicted octanol–water partition coefficient (Wildman–Crippen LogP) is 3.16. The molecule has 0 aromatic heterocycles. The number of aliphatic imine (C=N–C) groups is 1. The van der Waals surface area contributed by atoms with E-state index in [-0.39, 0.29) is 36.4 Å². The van der Waals surface area contributed by atoms with Gasteiger partial charge in [0.15, 0.2) is 5.96 Å². The Hall–Kier alpha value is -0.570. The summed E-state index contributed by atoms with van der Waals surface area (Å²) in [6.45, 7) is 4.27. The third-order valence-electron chi connectivity index (χ3n) is 5.57. The maximum atomic E-state index is 11.9. The van der Waals surface area contributed by atoms with Gasteiger partial charge in [-0.3, -0.25) is 4.79 Å². The molecule has 0 spiro atoms. The summed E-state index contributed by atoms with van der Waals surface area (Å²) in [4.78, 5) is 18.0. The largest absolute Gasteiger partial charge is 0.378 e. The molecule has 3 atom stereocenters. The van der Waals surface area contributed by atoms with E-state index in [1.54, 1.807) is 19.0 Å². The first-order chi connectivity index (χ1) is 12.6. The number of halogens is 1. The summed E-state index contributed by atoms with van der Waals surface area (Å²) in [6, 6.07) is 0.450. The van der Waals surface area contributed by atoms with Crippen LogP contribution in [0.15, 0.2) is 4.99 Å². The molecule has 1 aliphatic heterocycles. The Morgan fingerprint density at radius 1 is 1.15 bits per heavy atom. The van der Waals surface area contributed by atoms with Crippen molar-refractivity contribution in [2.45, 2.75) is 76.9 Å². The number of carbonyl (C=O) groups excluding carboxylic acids is 1. The molecule has 1 heterocycles. The van der Waals surface area contributed by atoms with Crippen LogP contribution in [0.2, 0.25) is 0 Å². The lowest BCUT2D eigenvalue weighted by Gasteiger charge is -2.31. The number of rotatable bonds is 7. The lowest BCUT2D eigenvalue weighted by atomic mass is 9.86.